The van der Waals surface area contributed by atoms with Gasteiger partial charge in [0.2, 0.25) is 0 Å². The van der Waals surface area contributed by atoms with Crippen molar-refractivity contribution >= 4 is 23.1 Å². The molecule has 0 unspecified atom stereocenters. The Kier molecular flexibility index (Phi) is 5.19. The van der Waals surface area contributed by atoms with Crippen LogP contribution in [0.25, 0.3) is 28.1 Å². The van der Waals surface area contributed by atoms with E-state index in [0.29, 0.717) is 18.7 Å². The second-order valence-electron chi connectivity index (χ2n) is 7.73. The number of nitrogens with zero attached hydrogens (tertiary/aromatic N) is 1. The van der Waals surface area contributed by atoms with Crippen LogP contribution in [0, 0.1) is 11.3 Å². The molecule has 5 nitrogen and oxygen atoms in total. The molecule has 1 heterocycles. The van der Waals surface area contributed by atoms with Crippen LogP contribution in [0.2, 0.25) is 0 Å². The summed E-state index contributed by atoms with van der Waals surface area (Å²) in [5.74, 6) is 0.0456. The van der Waals surface area contributed by atoms with Crippen LogP contribution in [-0.4, -0.2) is 24.2 Å². The fourth-order valence-electron chi connectivity index (χ4n) is 4.33. The van der Waals surface area contributed by atoms with Crippen molar-refractivity contribution in [3.8, 4) is 17.2 Å². The molecule has 1 aliphatic rings. The van der Waals surface area contributed by atoms with Crippen molar-refractivity contribution in [3.63, 3.8) is 0 Å². The summed E-state index contributed by atoms with van der Waals surface area (Å²) in [6, 6.07) is 24.2. The molecule has 1 amide bonds. The third kappa shape index (κ3) is 3.63. The van der Waals surface area contributed by atoms with Gasteiger partial charge in [0.05, 0.1) is 11.6 Å². The van der Waals surface area contributed by atoms with Crippen molar-refractivity contribution in [1.82, 2.24) is 10.3 Å². The van der Waals surface area contributed by atoms with Crippen LogP contribution in [-0.2, 0) is 4.74 Å². The average molecular weight is 419 g/mol. The van der Waals surface area contributed by atoms with Gasteiger partial charge in [-0.25, -0.2) is 4.79 Å². The van der Waals surface area contributed by atoms with E-state index in [4.69, 9.17) is 10.00 Å². The van der Waals surface area contributed by atoms with Crippen LogP contribution in [0.15, 0.2) is 79.0 Å². The molecule has 3 aromatic carbocycles. The molecule has 32 heavy (non-hydrogen) atoms. The van der Waals surface area contributed by atoms with E-state index in [1.807, 2.05) is 54.7 Å². The predicted octanol–water partition coefficient (Wildman–Crippen LogP) is 5.59. The largest absolute Gasteiger partial charge is 0.449 e. The van der Waals surface area contributed by atoms with Gasteiger partial charge in [-0.15, -0.1) is 0 Å². The van der Waals surface area contributed by atoms with E-state index in [1.165, 1.54) is 22.3 Å². The predicted molar refractivity (Wildman–Crippen MR) is 125 cm³/mol. The smallest absolute Gasteiger partial charge is 0.407 e. The number of ether oxygens (including phenoxy) is 1. The Morgan fingerprint density at radius 1 is 1.06 bits per heavy atom. The van der Waals surface area contributed by atoms with E-state index in [9.17, 15) is 4.79 Å². The third-order valence-corrected chi connectivity index (χ3v) is 5.85. The van der Waals surface area contributed by atoms with Crippen molar-refractivity contribution in [2.75, 3.05) is 13.2 Å². The van der Waals surface area contributed by atoms with Gasteiger partial charge in [0, 0.05) is 29.6 Å². The molecule has 0 spiro atoms. The lowest BCUT2D eigenvalue weighted by molar-refractivity contribution is 0.144. The van der Waals surface area contributed by atoms with Crippen LogP contribution in [0.3, 0.4) is 0 Å². The summed E-state index contributed by atoms with van der Waals surface area (Å²) in [4.78, 5) is 15.5. The van der Waals surface area contributed by atoms with E-state index in [-0.39, 0.29) is 5.92 Å². The van der Waals surface area contributed by atoms with Crippen LogP contribution in [0.4, 0.5) is 4.79 Å². The number of H-pyrrole nitrogens is 1. The number of hydrogen-bond donors (Lipinski definition) is 2. The monoisotopic (exact) mass is 419 g/mol. The number of alkyl carbamates (subject to hydrolysis) is 1. The van der Waals surface area contributed by atoms with Gasteiger partial charge in [-0.3, -0.25) is 0 Å². The van der Waals surface area contributed by atoms with E-state index in [0.717, 1.165) is 16.5 Å². The maximum Gasteiger partial charge on any atom is 0.407 e. The first-order valence-electron chi connectivity index (χ1n) is 10.5. The molecule has 1 aromatic heterocycles. The summed E-state index contributed by atoms with van der Waals surface area (Å²) in [7, 11) is 0. The lowest BCUT2D eigenvalue weighted by Crippen LogP contribution is -2.26. The number of rotatable bonds is 5. The minimum absolute atomic E-state index is 0.0456. The van der Waals surface area contributed by atoms with Crippen molar-refractivity contribution < 1.29 is 9.53 Å². The van der Waals surface area contributed by atoms with Gasteiger partial charge in [-0.1, -0.05) is 60.7 Å². The molecule has 0 atom stereocenters. The highest BCUT2D eigenvalue weighted by atomic mass is 16.5. The Balaban J connectivity index is 1.19. The Bertz CT molecular complexity index is 1330. The van der Waals surface area contributed by atoms with Crippen molar-refractivity contribution in [2.45, 2.75) is 5.92 Å². The second kappa shape index (κ2) is 8.44. The first kappa shape index (κ1) is 19.7. The van der Waals surface area contributed by atoms with Gasteiger partial charge in [0.15, 0.2) is 0 Å². The zero-order valence-electron chi connectivity index (χ0n) is 17.3. The number of fused-ring (bicyclic) bond motifs is 4. The van der Waals surface area contributed by atoms with Gasteiger partial charge in [-0.05, 0) is 46.0 Å². The molecular formula is C27H21N3O2. The third-order valence-electron chi connectivity index (χ3n) is 5.85. The molecule has 2 N–H and O–H groups in total. The first-order valence-corrected chi connectivity index (χ1v) is 10.5. The van der Waals surface area contributed by atoms with Crippen molar-refractivity contribution in [3.05, 3.63) is 101 Å². The molecule has 0 fully saturated rings. The number of nitrogens with one attached hydrogen (secondary N) is 2. The molecule has 5 heteroatoms. The van der Waals surface area contributed by atoms with Gasteiger partial charge in [-0.2, -0.15) is 5.26 Å². The van der Waals surface area contributed by atoms with Gasteiger partial charge in [0.25, 0.3) is 0 Å². The van der Waals surface area contributed by atoms with Gasteiger partial charge < -0.3 is 15.0 Å². The topological polar surface area (TPSA) is 77.9 Å². The van der Waals surface area contributed by atoms with Gasteiger partial charge >= 0.3 is 6.09 Å². The lowest BCUT2D eigenvalue weighted by Gasteiger charge is -2.14. The number of amides is 1. The number of hydrogen-bond acceptors (Lipinski definition) is 3. The first-order chi connectivity index (χ1) is 15.7. The summed E-state index contributed by atoms with van der Waals surface area (Å²) in [5.41, 5.74) is 7.34. The number of nitriles is 1. The SMILES string of the molecule is N#Cc1ccc2[nH]cc(C=CCNC(=O)OCC3c4ccccc4-c4ccccc43)c2c1. The number of benzene rings is 3. The second-order valence-corrected chi connectivity index (χ2v) is 7.73. The zero-order valence-corrected chi connectivity index (χ0v) is 17.3. The average Bonchev–Trinajstić information content (AvgIpc) is 3.39. The molecule has 0 radical (unpaired) electrons. The standard InChI is InChI=1S/C27H21N3O2/c28-15-18-11-12-26-24(14-18)19(16-30-26)6-5-13-29-27(31)32-17-25-22-9-3-1-7-20(22)21-8-2-4-10-23(21)25/h1-12,14,16,25,30H,13,17H2,(H,29,31). The highest BCUT2D eigenvalue weighted by Crippen LogP contribution is 2.44. The highest BCUT2D eigenvalue weighted by Gasteiger charge is 2.28. The molecule has 4 aromatic rings. The maximum absolute atomic E-state index is 12.3. The Morgan fingerprint density at radius 3 is 2.50 bits per heavy atom. The molecular weight excluding hydrogens is 398 g/mol. The highest BCUT2D eigenvalue weighted by molar-refractivity contribution is 5.90. The maximum atomic E-state index is 12.3. The summed E-state index contributed by atoms with van der Waals surface area (Å²) in [6.07, 6.45) is 5.23. The fraction of sp³-hybridized carbons (Fsp3) is 0.111. The normalized spacial score (nSPS) is 12.5. The van der Waals surface area contributed by atoms with E-state index in [1.54, 1.807) is 6.07 Å². The Hall–Kier alpha value is -4.30. The number of aromatic amines is 1. The van der Waals surface area contributed by atoms with E-state index >= 15 is 0 Å². The number of carbonyl (C=O) groups excluding carboxylic acids is 1. The van der Waals surface area contributed by atoms with Gasteiger partial charge in [0.1, 0.15) is 6.61 Å². The quantitative estimate of drug-likeness (QED) is 0.442. The molecule has 5 rings (SSSR count). The zero-order chi connectivity index (χ0) is 21.9. The van der Waals surface area contributed by atoms with Crippen LogP contribution in [0.5, 0.6) is 0 Å². The fourth-order valence-corrected chi connectivity index (χ4v) is 4.33. The Labute approximate surface area is 186 Å². The summed E-state index contributed by atoms with van der Waals surface area (Å²) in [6.45, 7) is 0.643. The van der Waals surface area contributed by atoms with E-state index < -0.39 is 6.09 Å². The summed E-state index contributed by atoms with van der Waals surface area (Å²) >= 11 is 0. The molecule has 0 saturated heterocycles. The minimum Gasteiger partial charge on any atom is -0.449 e. The van der Waals surface area contributed by atoms with Crippen LogP contribution >= 0.6 is 0 Å². The van der Waals surface area contributed by atoms with Crippen LogP contribution in [0.1, 0.15) is 28.2 Å². The Morgan fingerprint density at radius 2 is 1.78 bits per heavy atom. The minimum atomic E-state index is -0.442. The summed E-state index contributed by atoms with van der Waals surface area (Å²) < 4.78 is 5.55. The number of aromatic nitrogens is 1. The molecule has 0 bridgehead atoms. The molecule has 1 aliphatic carbocycles. The number of carbonyl (C=O) groups is 1. The lowest BCUT2D eigenvalue weighted by atomic mass is 9.98. The molecule has 0 saturated carbocycles. The summed E-state index contributed by atoms with van der Waals surface area (Å²) in [5, 5.41) is 12.8. The van der Waals surface area contributed by atoms with Crippen LogP contribution < -0.4 is 5.32 Å². The van der Waals surface area contributed by atoms with Crippen molar-refractivity contribution in [1.29, 1.82) is 5.26 Å². The molecule has 0 aliphatic heterocycles. The van der Waals surface area contributed by atoms with Crippen molar-refractivity contribution in [2.24, 2.45) is 0 Å². The molecule has 156 valence electrons. The van der Waals surface area contributed by atoms with E-state index in [2.05, 4.69) is 40.6 Å².